The summed E-state index contributed by atoms with van der Waals surface area (Å²) in [5.74, 6) is -1.53. The van der Waals surface area contributed by atoms with Crippen molar-refractivity contribution < 1.29 is 28.7 Å². The van der Waals surface area contributed by atoms with Crippen LogP contribution in [0.5, 0.6) is 0 Å². The highest BCUT2D eigenvalue weighted by atomic mass is 32.2. The summed E-state index contributed by atoms with van der Waals surface area (Å²) in [7, 11) is 0. The van der Waals surface area contributed by atoms with Gasteiger partial charge in [0.15, 0.2) is 0 Å². The van der Waals surface area contributed by atoms with Crippen LogP contribution in [0, 0.1) is 0 Å². The first-order valence-corrected chi connectivity index (χ1v) is 10.7. The fourth-order valence-corrected chi connectivity index (χ4v) is 4.22. The normalized spacial score (nSPS) is 18.1. The van der Waals surface area contributed by atoms with Crippen LogP contribution >= 0.6 is 11.8 Å². The lowest BCUT2D eigenvalue weighted by Gasteiger charge is -2.27. The van der Waals surface area contributed by atoms with E-state index in [-0.39, 0.29) is 30.5 Å². The zero-order valence-electron chi connectivity index (χ0n) is 16.6. The largest absolute Gasteiger partial charge is 0.379 e. The molecular weight excluding hydrogens is 426 g/mol. The first-order chi connectivity index (χ1) is 15.0. The van der Waals surface area contributed by atoms with Crippen molar-refractivity contribution in [3.05, 3.63) is 39.8 Å². The van der Waals surface area contributed by atoms with Crippen LogP contribution < -0.4 is 5.32 Å². The van der Waals surface area contributed by atoms with E-state index in [2.05, 4.69) is 15.3 Å². The monoisotopic (exact) mass is 447 g/mol. The summed E-state index contributed by atoms with van der Waals surface area (Å²) >= 11 is 1.38. The first-order valence-electron chi connectivity index (χ1n) is 9.68. The fraction of sp³-hybridized carbons (Fsp3) is 0.474. The van der Waals surface area contributed by atoms with Gasteiger partial charge in [-0.3, -0.25) is 29.4 Å². The van der Waals surface area contributed by atoms with Crippen molar-refractivity contribution in [1.29, 1.82) is 0 Å². The highest BCUT2D eigenvalue weighted by Gasteiger charge is 2.45. The minimum absolute atomic E-state index is 0.0814. The smallest absolute Gasteiger partial charge is 0.263 e. The van der Waals surface area contributed by atoms with Crippen LogP contribution in [0.2, 0.25) is 0 Å². The van der Waals surface area contributed by atoms with E-state index in [0.717, 1.165) is 4.90 Å². The Morgan fingerprint density at radius 1 is 1.13 bits per heavy atom. The summed E-state index contributed by atoms with van der Waals surface area (Å²) in [4.78, 5) is 53.5. The van der Waals surface area contributed by atoms with E-state index in [0.29, 0.717) is 37.1 Å². The average Bonchev–Trinajstić information content (AvgIpc) is 3.01. The summed E-state index contributed by atoms with van der Waals surface area (Å²) < 4.78 is 10.7. The third-order valence-corrected chi connectivity index (χ3v) is 5.71. The molecule has 2 heterocycles. The van der Waals surface area contributed by atoms with Gasteiger partial charge in [-0.15, -0.1) is 11.8 Å². The number of carbonyl (C=O) groups is 4. The molecule has 2 aliphatic rings. The van der Waals surface area contributed by atoms with Crippen LogP contribution in [0.3, 0.4) is 0 Å². The van der Waals surface area contributed by atoms with Gasteiger partial charge in [-0.2, -0.15) is 0 Å². The molecule has 1 saturated heterocycles. The molecule has 4 amide bonds. The molecule has 2 aliphatic heterocycles. The molecule has 0 radical (unpaired) electrons. The van der Waals surface area contributed by atoms with Crippen LogP contribution in [0.4, 0.5) is 0 Å². The number of hydrogen-bond donors (Lipinski definition) is 1. The van der Waals surface area contributed by atoms with Gasteiger partial charge < -0.3 is 9.47 Å². The Morgan fingerprint density at radius 2 is 1.90 bits per heavy atom. The second kappa shape index (κ2) is 10.9. The second-order valence-electron chi connectivity index (χ2n) is 6.65. The Kier molecular flexibility index (Phi) is 8.01. The van der Waals surface area contributed by atoms with E-state index in [4.69, 9.17) is 15.0 Å². The zero-order valence-corrected chi connectivity index (χ0v) is 17.4. The standard InChI is InChI=1S/C19H21N5O6S/c20-23-21-6-7-29-8-9-30-10-11-31-14-3-1-2-12-16(14)19(28)24(18(12)27)13-4-5-15(25)22-17(13)26/h1-3,13H,4-11H2,(H,22,25,26). The molecule has 0 spiro atoms. The summed E-state index contributed by atoms with van der Waals surface area (Å²) in [5, 5.41) is 5.54. The molecule has 0 aliphatic carbocycles. The number of thioether (sulfide) groups is 1. The topological polar surface area (TPSA) is 151 Å². The molecule has 1 aromatic rings. The van der Waals surface area contributed by atoms with Gasteiger partial charge in [0.1, 0.15) is 6.04 Å². The molecule has 3 rings (SSSR count). The minimum atomic E-state index is -0.981. The maximum Gasteiger partial charge on any atom is 0.263 e. The third-order valence-electron chi connectivity index (χ3n) is 4.69. The van der Waals surface area contributed by atoms with Crippen molar-refractivity contribution in [2.75, 3.05) is 38.7 Å². The van der Waals surface area contributed by atoms with Gasteiger partial charge in [-0.05, 0) is 24.1 Å². The molecule has 31 heavy (non-hydrogen) atoms. The van der Waals surface area contributed by atoms with Crippen molar-refractivity contribution in [3.8, 4) is 0 Å². The van der Waals surface area contributed by atoms with Crippen molar-refractivity contribution >= 4 is 35.4 Å². The second-order valence-corrected chi connectivity index (χ2v) is 7.79. The number of nitrogens with zero attached hydrogens (tertiary/aromatic N) is 4. The zero-order chi connectivity index (χ0) is 22.2. The molecule has 0 bridgehead atoms. The number of imide groups is 2. The predicted octanol–water partition coefficient (Wildman–Crippen LogP) is 1.52. The molecule has 11 nitrogen and oxygen atoms in total. The molecule has 164 valence electrons. The van der Waals surface area contributed by atoms with Gasteiger partial charge in [0, 0.05) is 28.5 Å². The molecular formula is C19H21N5O6S. The number of benzene rings is 1. The maximum atomic E-state index is 13.0. The summed E-state index contributed by atoms with van der Waals surface area (Å²) in [6.45, 7) is 1.77. The molecule has 1 atom stereocenters. The molecule has 1 fully saturated rings. The Bertz CT molecular complexity index is 932. The number of carbonyl (C=O) groups excluding carboxylic acids is 4. The van der Waals surface area contributed by atoms with Crippen LogP contribution in [0.1, 0.15) is 33.6 Å². The quantitative estimate of drug-likeness (QED) is 0.135. The Balaban J connectivity index is 1.53. The van der Waals surface area contributed by atoms with Crippen molar-refractivity contribution in [2.45, 2.75) is 23.8 Å². The fourth-order valence-electron chi connectivity index (χ4n) is 3.29. The summed E-state index contributed by atoms with van der Waals surface area (Å²) in [6, 6.07) is 4.03. The SMILES string of the molecule is [N-]=[N+]=NCCOCCOCCSc1cccc2c1C(=O)N(C1CCC(=O)NC1=O)C2=O. The number of rotatable bonds is 11. The highest BCUT2D eigenvalue weighted by molar-refractivity contribution is 7.99. The van der Waals surface area contributed by atoms with Crippen LogP contribution in [-0.2, 0) is 19.1 Å². The molecule has 0 saturated carbocycles. The number of fused-ring (bicyclic) bond motifs is 1. The predicted molar refractivity (Wildman–Crippen MR) is 109 cm³/mol. The summed E-state index contributed by atoms with van der Waals surface area (Å²) in [5.41, 5.74) is 8.69. The average molecular weight is 447 g/mol. The van der Waals surface area contributed by atoms with E-state index < -0.39 is 29.7 Å². The number of nitrogens with one attached hydrogen (secondary N) is 1. The Morgan fingerprint density at radius 3 is 2.65 bits per heavy atom. The van der Waals surface area contributed by atoms with Gasteiger partial charge in [0.2, 0.25) is 11.8 Å². The van der Waals surface area contributed by atoms with Crippen molar-refractivity contribution in [2.24, 2.45) is 5.11 Å². The van der Waals surface area contributed by atoms with Gasteiger partial charge in [-0.25, -0.2) is 0 Å². The maximum absolute atomic E-state index is 13.0. The Hall–Kier alpha value is -2.92. The van der Waals surface area contributed by atoms with E-state index >= 15 is 0 Å². The number of amides is 4. The van der Waals surface area contributed by atoms with Gasteiger partial charge >= 0.3 is 0 Å². The van der Waals surface area contributed by atoms with Crippen LogP contribution in [0.15, 0.2) is 28.2 Å². The van der Waals surface area contributed by atoms with E-state index in [1.54, 1.807) is 18.2 Å². The number of azide groups is 1. The van der Waals surface area contributed by atoms with E-state index in [9.17, 15) is 19.2 Å². The van der Waals surface area contributed by atoms with E-state index in [1.165, 1.54) is 11.8 Å². The first kappa shape index (κ1) is 22.8. The number of hydrogen-bond acceptors (Lipinski definition) is 8. The number of piperidine rings is 1. The van der Waals surface area contributed by atoms with E-state index in [1.807, 2.05) is 0 Å². The highest BCUT2D eigenvalue weighted by Crippen LogP contribution is 2.34. The van der Waals surface area contributed by atoms with Gasteiger partial charge in [-0.1, -0.05) is 11.2 Å². The molecule has 12 heteroatoms. The number of ether oxygens (including phenoxy) is 2. The lowest BCUT2D eigenvalue weighted by molar-refractivity contribution is -0.136. The minimum Gasteiger partial charge on any atom is -0.379 e. The molecule has 1 aromatic carbocycles. The lowest BCUT2D eigenvalue weighted by Crippen LogP contribution is -2.54. The van der Waals surface area contributed by atoms with Crippen LogP contribution in [-0.4, -0.2) is 73.3 Å². The van der Waals surface area contributed by atoms with Crippen molar-refractivity contribution in [3.63, 3.8) is 0 Å². The van der Waals surface area contributed by atoms with Gasteiger partial charge in [0.05, 0.1) is 37.6 Å². The lowest BCUT2D eigenvalue weighted by atomic mass is 10.0. The van der Waals surface area contributed by atoms with Gasteiger partial charge in [0.25, 0.3) is 11.8 Å². The Labute approximate surface area is 182 Å². The molecule has 1 unspecified atom stereocenters. The third kappa shape index (κ3) is 5.42. The van der Waals surface area contributed by atoms with Crippen LogP contribution in [0.25, 0.3) is 10.4 Å². The molecule has 0 aromatic heterocycles. The van der Waals surface area contributed by atoms with Crippen molar-refractivity contribution in [1.82, 2.24) is 10.2 Å². The summed E-state index contributed by atoms with van der Waals surface area (Å²) in [6.07, 6.45) is 0.204. The molecule has 1 N–H and O–H groups in total.